The maximum absolute atomic E-state index is 14.9. The van der Waals surface area contributed by atoms with Crippen LogP contribution in [0, 0.1) is 11.6 Å². The lowest BCUT2D eigenvalue weighted by Crippen LogP contribution is -2.43. The van der Waals surface area contributed by atoms with Gasteiger partial charge in [-0.25, -0.2) is 8.78 Å². The first-order valence-corrected chi connectivity index (χ1v) is 9.41. The number of hydrogen-bond donors (Lipinski definition) is 0. The molecular formula is C22H18BrF2N. The zero-order valence-electron chi connectivity index (χ0n) is 14.3. The van der Waals surface area contributed by atoms with Gasteiger partial charge in [-0.15, -0.1) is 0 Å². The molecule has 4 heteroatoms. The van der Waals surface area contributed by atoms with E-state index < -0.39 is 17.7 Å². The summed E-state index contributed by atoms with van der Waals surface area (Å²) >= 11 is 3.18. The number of fused-ring (bicyclic) bond motifs is 1. The Morgan fingerprint density at radius 3 is 2.23 bits per heavy atom. The van der Waals surface area contributed by atoms with Gasteiger partial charge < -0.3 is 4.90 Å². The molecule has 0 fully saturated rings. The molecule has 132 valence electrons. The molecule has 0 spiro atoms. The number of hydrogen-bond acceptors (Lipinski definition) is 1. The van der Waals surface area contributed by atoms with E-state index in [4.69, 9.17) is 0 Å². The van der Waals surface area contributed by atoms with Crippen LogP contribution in [0.25, 0.3) is 0 Å². The van der Waals surface area contributed by atoms with E-state index in [0.717, 1.165) is 23.2 Å². The summed E-state index contributed by atoms with van der Waals surface area (Å²) in [7, 11) is 0. The highest BCUT2D eigenvalue weighted by atomic mass is 79.9. The zero-order valence-corrected chi connectivity index (χ0v) is 15.9. The molecule has 2 atom stereocenters. The Morgan fingerprint density at radius 2 is 1.54 bits per heavy atom. The minimum atomic E-state index is -0.535. The Morgan fingerprint density at radius 1 is 0.923 bits per heavy atom. The van der Waals surface area contributed by atoms with Crippen LogP contribution in [0.4, 0.5) is 14.5 Å². The van der Waals surface area contributed by atoms with Crippen molar-refractivity contribution in [1.82, 2.24) is 0 Å². The summed E-state index contributed by atoms with van der Waals surface area (Å²) in [5, 5.41) is 0. The van der Waals surface area contributed by atoms with Gasteiger partial charge in [0.25, 0.3) is 0 Å². The standard InChI is InChI=1S/C22H18BrF2N/c1-14-11-15-7-5-6-10-18(15)22(26(14)17-8-3-2-4-9-17)21-19(24)12-16(23)13-20(21)25/h2-10,12-14,22H,11H2,1H3/t14-,22+/m1/s1. The second-order valence-corrected chi connectivity index (χ2v) is 7.60. The Hall–Kier alpha value is -2.20. The Balaban J connectivity index is 1.98. The SMILES string of the molecule is C[C@@H]1Cc2ccccc2[C@@H](c2c(F)cc(Br)cc2F)N1c1ccccc1. The zero-order chi connectivity index (χ0) is 18.3. The summed E-state index contributed by atoms with van der Waals surface area (Å²) in [5.74, 6) is -1.07. The molecule has 1 nitrogen and oxygen atoms in total. The molecule has 0 radical (unpaired) electrons. The third-order valence-electron chi connectivity index (χ3n) is 4.99. The van der Waals surface area contributed by atoms with Gasteiger partial charge in [-0.2, -0.15) is 0 Å². The third kappa shape index (κ3) is 2.92. The Labute approximate surface area is 160 Å². The second kappa shape index (κ2) is 6.84. The summed E-state index contributed by atoms with van der Waals surface area (Å²) in [6.45, 7) is 2.10. The van der Waals surface area contributed by atoms with Crippen LogP contribution < -0.4 is 4.90 Å². The molecule has 1 aliphatic rings. The van der Waals surface area contributed by atoms with Crippen molar-refractivity contribution < 1.29 is 8.78 Å². The average molecular weight is 414 g/mol. The molecule has 1 aliphatic heterocycles. The molecule has 1 heterocycles. The first-order chi connectivity index (χ1) is 12.6. The largest absolute Gasteiger partial charge is 0.357 e. The molecule has 3 aromatic rings. The fourth-order valence-corrected chi connectivity index (χ4v) is 4.32. The molecule has 0 amide bonds. The smallest absolute Gasteiger partial charge is 0.132 e. The Bertz CT molecular complexity index is 919. The molecule has 0 saturated carbocycles. The van der Waals surface area contributed by atoms with Crippen LogP contribution in [0.3, 0.4) is 0 Å². The highest BCUT2D eigenvalue weighted by molar-refractivity contribution is 9.10. The summed E-state index contributed by atoms with van der Waals surface area (Å²) in [6, 6.07) is 20.0. The molecule has 26 heavy (non-hydrogen) atoms. The highest BCUT2D eigenvalue weighted by Crippen LogP contribution is 2.42. The van der Waals surface area contributed by atoms with Gasteiger partial charge in [0.2, 0.25) is 0 Å². The first-order valence-electron chi connectivity index (χ1n) is 8.62. The maximum atomic E-state index is 14.9. The van der Waals surface area contributed by atoms with Crippen molar-refractivity contribution in [3.8, 4) is 0 Å². The van der Waals surface area contributed by atoms with Gasteiger partial charge in [0, 0.05) is 16.2 Å². The van der Waals surface area contributed by atoms with E-state index in [2.05, 4.69) is 33.8 Å². The predicted octanol–water partition coefficient (Wildman–Crippen LogP) is 6.27. The molecule has 0 aliphatic carbocycles. The van der Waals surface area contributed by atoms with Gasteiger partial charge in [0.15, 0.2) is 0 Å². The van der Waals surface area contributed by atoms with E-state index in [-0.39, 0.29) is 11.6 Å². The van der Waals surface area contributed by atoms with Gasteiger partial charge in [-0.3, -0.25) is 0 Å². The summed E-state index contributed by atoms with van der Waals surface area (Å²) in [5.41, 5.74) is 3.14. The van der Waals surface area contributed by atoms with Gasteiger partial charge in [0.1, 0.15) is 11.6 Å². The topological polar surface area (TPSA) is 3.24 Å². The molecule has 0 saturated heterocycles. The number of halogens is 3. The molecule has 0 bridgehead atoms. The van der Waals surface area contributed by atoms with E-state index in [1.54, 1.807) is 0 Å². The van der Waals surface area contributed by atoms with Crippen LogP contribution >= 0.6 is 15.9 Å². The summed E-state index contributed by atoms with van der Waals surface area (Å²) in [4.78, 5) is 2.12. The molecule has 0 N–H and O–H groups in total. The summed E-state index contributed by atoms with van der Waals surface area (Å²) < 4.78 is 30.2. The molecule has 3 aromatic carbocycles. The van der Waals surface area contributed by atoms with Crippen LogP contribution in [0.5, 0.6) is 0 Å². The van der Waals surface area contributed by atoms with Crippen molar-refractivity contribution in [3.05, 3.63) is 99.5 Å². The predicted molar refractivity (Wildman–Crippen MR) is 104 cm³/mol. The fraction of sp³-hybridized carbons (Fsp3) is 0.182. The lowest BCUT2D eigenvalue weighted by Gasteiger charge is -2.44. The number of benzene rings is 3. The van der Waals surface area contributed by atoms with E-state index in [9.17, 15) is 8.78 Å². The van der Waals surface area contributed by atoms with Crippen LogP contribution in [-0.2, 0) is 6.42 Å². The Kier molecular flexibility index (Phi) is 4.53. The van der Waals surface area contributed by atoms with Crippen LogP contribution in [0.2, 0.25) is 0 Å². The lowest BCUT2D eigenvalue weighted by molar-refractivity contribution is 0.489. The molecule has 4 rings (SSSR count). The lowest BCUT2D eigenvalue weighted by atomic mass is 9.84. The number of anilines is 1. The highest BCUT2D eigenvalue weighted by Gasteiger charge is 2.36. The van der Waals surface area contributed by atoms with Crippen molar-refractivity contribution in [2.75, 3.05) is 4.90 Å². The number of nitrogens with zero attached hydrogens (tertiary/aromatic N) is 1. The van der Waals surface area contributed by atoms with Crippen molar-refractivity contribution in [1.29, 1.82) is 0 Å². The normalized spacial score (nSPS) is 19.3. The third-order valence-corrected chi connectivity index (χ3v) is 5.45. The quantitative estimate of drug-likeness (QED) is 0.478. The summed E-state index contributed by atoms with van der Waals surface area (Å²) in [6.07, 6.45) is 0.835. The van der Waals surface area contributed by atoms with Gasteiger partial charge in [-0.1, -0.05) is 58.4 Å². The van der Waals surface area contributed by atoms with Gasteiger partial charge in [-0.05, 0) is 48.7 Å². The van der Waals surface area contributed by atoms with Gasteiger partial charge in [0.05, 0.1) is 11.6 Å². The van der Waals surface area contributed by atoms with Crippen LogP contribution in [-0.4, -0.2) is 6.04 Å². The monoisotopic (exact) mass is 413 g/mol. The van der Waals surface area contributed by atoms with Gasteiger partial charge >= 0.3 is 0 Å². The van der Waals surface area contributed by atoms with E-state index >= 15 is 0 Å². The second-order valence-electron chi connectivity index (χ2n) is 6.68. The van der Waals surface area contributed by atoms with E-state index in [0.29, 0.717) is 4.47 Å². The van der Waals surface area contributed by atoms with E-state index in [1.165, 1.54) is 12.1 Å². The van der Waals surface area contributed by atoms with Crippen molar-refractivity contribution >= 4 is 21.6 Å². The molecular weight excluding hydrogens is 396 g/mol. The van der Waals surface area contributed by atoms with E-state index in [1.807, 2.05) is 48.5 Å². The van der Waals surface area contributed by atoms with Crippen LogP contribution in [0.1, 0.15) is 29.7 Å². The van der Waals surface area contributed by atoms with Crippen molar-refractivity contribution in [2.24, 2.45) is 0 Å². The number of para-hydroxylation sites is 1. The fourth-order valence-electron chi connectivity index (χ4n) is 3.92. The minimum Gasteiger partial charge on any atom is -0.357 e. The molecule has 0 aromatic heterocycles. The first kappa shape index (κ1) is 17.2. The number of rotatable bonds is 2. The molecule has 0 unspecified atom stereocenters. The van der Waals surface area contributed by atoms with Crippen LogP contribution in [0.15, 0.2) is 71.2 Å². The van der Waals surface area contributed by atoms with Crippen molar-refractivity contribution in [3.63, 3.8) is 0 Å². The minimum absolute atomic E-state index is 0.0936. The average Bonchev–Trinajstić information content (AvgIpc) is 2.61. The maximum Gasteiger partial charge on any atom is 0.132 e. The van der Waals surface area contributed by atoms with Crippen molar-refractivity contribution in [2.45, 2.75) is 25.4 Å².